The molecule has 0 radical (unpaired) electrons. The molecule has 1 aliphatic heterocycles. The monoisotopic (exact) mass is 366 g/mol. The third kappa shape index (κ3) is 3.70. The molecule has 0 amide bonds. The molecule has 27 heavy (non-hydrogen) atoms. The normalized spacial score (nSPS) is 16.2. The van der Waals surface area contributed by atoms with Gasteiger partial charge >= 0.3 is 0 Å². The largest absolute Gasteiger partial charge is 0.438 e. The van der Waals surface area contributed by atoms with Gasteiger partial charge in [-0.15, -0.1) is 0 Å². The van der Waals surface area contributed by atoms with Crippen molar-refractivity contribution in [2.75, 3.05) is 26.8 Å². The second kappa shape index (κ2) is 7.85. The van der Waals surface area contributed by atoms with Crippen molar-refractivity contribution < 1.29 is 14.0 Å². The molecule has 1 N–H and O–H groups in total. The maximum absolute atomic E-state index is 5.92. The fraction of sp³-hybridized carbons (Fsp3) is 0.350. The number of rotatable bonds is 6. The third-order valence-electron chi connectivity index (χ3n) is 4.83. The fourth-order valence-corrected chi connectivity index (χ4v) is 3.39. The Labute approximate surface area is 157 Å². The first-order valence-electron chi connectivity index (χ1n) is 9.03. The molecule has 0 atom stereocenters. The molecular weight excluding hydrogens is 344 g/mol. The van der Waals surface area contributed by atoms with Crippen LogP contribution in [0.1, 0.15) is 18.7 Å². The molecule has 3 heterocycles. The summed E-state index contributed by atoms with van der Waals surface area (Å²) >= 11 is 0. The zero-order chi connectivity index (χ0) is 18.5. The van der Waals surface area contributed by atoms with Crippen LogP contribution < -0.4 is 10.1 Å². The van der Waals surface area contributed by atoms with E-state index in [9.17, 15) is 0 Å². The number of aromatic nitrogens is 3. The minimum absolute atomic E-state index is 0.256. The summed E-state index contributed by atoms with van der Waals surface area (Å²) in [6, 6.07) is 13.2. The number of nitrogens with zero attached hydrogens (tertiary/aromatic N) is 3. The van der Waals surface area contributed by atoms with Crippen LogP contribution in [0.2, 0.25) is 0 Å². The molecule has 1 aromatic carbocycles. The summed E-state index contributed by atoms with van der Waals surface area (Å²) in [5.41, 5.74) is 0.436. The van der Waals surface area contributed by atoms with Crippen molar-refractivity contribution in [3.63, 3.8) is 0 Å². The highest BCUT2D eigenvalue weighted by Crippen LogP contribution is 2.35. The number of benzene rings is 1. The second-order valence-corrected chi connectivity index (χ2v) is 6.66. The first-order chi connectivity index (χ1) is 13.3. The third-order valence-corrected chi connectivity index (χ3v) is 4.83. The molecule has 140 valence electrons. The number of methoxy groups -OCH3 is 1. The molecule has 0 aliphatic carbocycles. The van der Waals surface area contributed by atoms with Gasteiger partial charge in [-0.2, -0.15) is 4.98 Å². The SMILES string of the molecule is COCC1(c2nc(-c3cccnc3Oc3ccccc3)no2)CCNCC1. The average Bonchev–Trinajstić information content (AvgIpc) is 3.21. The highest BCUT2D eigenvalue weighted by atomic mass is 16.5. The van der Waals surface area contributed by atoms with E-state index in [-0.39, 0.29) is 5.41 Å². The molecule has 1 aliphatic rings. The molecule has 0 saturated carbocycles. The summed E-state index contributed by atoms with van der Waals surface area (Å²) in [7, 11) is 1.70. The van der Waals surface area contributed by atoms with E-state index in [1.54, 1.807) is 13.3 Å². The number of ether oxygens (including phenoxy) is 2. The van der Waals surface area contributed by atoms with Crippen molar-refractivity contribution in [3.05, 3.63) is 54.6 Å². The second-order valence-electron chi connectivity index (χ2n) is 6.66. The molecule has 0 spiro atoms. The van der Waals surface area contributed by atoms with Gasteiger partial charge in [0, 0.05) is 13.3 Å². The quantitative estimate of drug-likeness (QED) is 0.717. The van der Waals surface area contributed by atoms with Crippen molar-refractivity contribution in [1.29, 1.82) is 0 Å². The standard InChI is InChI=1S/C20H22N4O3/c1-25-14-20(9-12-21-13-10-20)19-23-17(24-27-19)16-8-5-11-22-18(16)26-15-6-3-2-4-7-15/h2-8,11,21H,9-10,12-14H2,1H3. The van der Waals surface area contributed by atoms with Crippen molar-refractivity contribution in [2.24, 2.45) is 0 Å². The summed E-state index contributed by atoms with van der Waals surface area (Å²) in [6.45, 7) is 2.35. The van der Waals surface area contributed by atoms with Crippen LogP contribution >= 0.6 is 0 Å². The van der Waals surface area contributed by atoms with Gasteiger partial charge in [0.15, 0.2) is 0 Å². The Bertz CT molecular complexity index is 870. The van der Waals surface area contributed by atoms with Crippen LogP contribution in [-0.4, -0.2) is 41.9 Å². The maximum Gasteiger partial charge on any atom is 0.235 e. The zero-order valence-electron chi connectivity index (χ0n) is 15.2. The fourth-order valence-electron chi connectivity index (χ4n) is 3.39. The molecular formula is C20H22N4O3. The number of nitrogens with one attached hydrogen (secondary N) is 1. The number of hydrogen-bond donors (Lipinski definition) is 1. The van der Waals surface area contributed by atoms with Crippen LogP contribution in [0.5, 0.6) is 11.6 Å². The van der Waals surface area contributed by atoms with Gasteiger partial charge in [0.05, 0.1) is 17.6 Å². The van der Waals surface area contributed by atoms with E-state index in [4.69, 9.17) is 19.0 Å². The number of piperidine rings is 1. The summed E-state index contributed by atoms with van der Waals surface area (Å²) in [6.07, 6.45) is 3.47. The predicted molar refractivity (Wildman–Crippen MR) is 99.7 cm³/mol. The smallest absolute Gasteiger partial charge is 0.235 e. The minimum Gasteiger partial charge on any atom is -0.438 e. The molecule has 7 heteroatoms. The molecule has 0 unspecified atom stereocenters. The van der Waals surface area contributed by atoms with E-state index in [1.165, 1.54) is 0 Å². The summed E-state index contributed by atoms with van der Waals surface area (Å²) < 4.78 is 17.1. The summed E-state index contributed by atoms with van der Waals surface area (Å²) in [4.78, 5) is 9.04. The lowest BCUT2D eigenvalue weighted by Crippen LogP contribution is -2.43. The Morgan fingerprint density at radius 2 is 1.93 bits per heavy atom. The van der Waals surface area contributed by atoms with E-state index in [1.807, 2.05) is 42.5 Å². The Hall–Kier alpha value is -2.77. The topological polar surface area (TPSA) is 82.3 Å². The van der Waals surface area contributed by atoms with Crippen LogP contribution in [0.15, 0.2) is 53.2 Å². The highest BCUT2D eigenvalue weighted by molar-refractivity contribution is 5.61. The van der Waals surface area contributed by atoms with Crippen molar-refractivity contribution in [1.82, 2.24) is 20.4 Å². The van der Waals surface area contributed by atoms with E-state index in [2.05, 4.69) is 15.5 Å². The van der Waals surface area contributed by atoms with Crippen molar-refractivity contribution in [2.45, 2.75) is 18.3 Å². The van der Waals surface area contributed by atoms with Crippen LogP contribution in [-0.2, 0) is 10.2 Å². The molecule has 1 fully saturated rings. The van der Waals surface area contributed by atoms with E-state index >= 15 is 0 Å². The Morgan fingerprint density at radius 1 is 1.11 bits per heavy atom. The first kappa shape index (κ1) is 17.6. The van der Waals surface area contributed by atoms with Crippen LogP contribution in [0.4, 0.5) is 0 Å². The van der Waals surface area contributed by atoms with Crippen LogP contribution in [0, 0.1) is 0 Å². The number of para-hydroxylation sites is 1. The highest BCUT2D eigenvalue weighted by Gasteiger charge is 2.39. The van der Waals surface area contributed by atoms with Crippen LogP contribution in [0.3, 0.4) is 0 Å². The predicted octanol–water partition coefficient (Wildman–Crippen LogP) is 3.19. The van der Waals surface area contributed by atoms with Gasteiger partial charge in [-0.05, 0) is 50.2 Å². The Kier molecular flexibility index (Phi) is 5.13. The summed E-state index contributed by atoms with van der Waals surface area (Å²) in [5.74, 6) is 2.23. The lowest BCUT2D eigenvalue weighted by atomic mass is 9.79. The van der Waals surface area contributed by atoms with Gasteiger partial charge < -0.3 is 19.3 Å². The van der Waals surface area contributed by atoms with Crippen molar-refractivity contribution in [3.8, 4) is 23.0 Å². The maximum atomic E-state index is 5.92. The molecule has 0 bridgehead atoms. The van der Waals surface area contributed by atoms with Gasteiger partial charge in [-0.25, -0.2) is 4.98 Å². The first-order valence-corrected chi connectivity index (χ1v) is 9.03. The van der Waals surface area contributed by atoms with E-state index in [0.717, 1.165) is 25.9 Å². The van der Waals surface area contributed by atoms with Gasteiger partial charge in [0.2, 0.25) is 17.6 Å². The van der Waals surface area contributed by atoms with E-state index in [0.29, 0.717) is 35.5 Å². The molecule has 7 nitrogen and oxygen atoms in total. The van der Waals surface area contributed by atoms with Gasteiger partial charge in [-0.1, -0.05) is 23.4 Å². The Morgan fingerprint density at radius 3 is 2.70 bits per heavy atom. The summed E-state index contributed by atoms with van der Waals surface area (Å²) in [5, 5.41) is 7.58. The lowest BCUT2D eigenvalue weighted by molar-refractivity contribution is 0.0850. The molecule has 3 aromatic rings. The Balaban J connectivity index is 1.65. The lowest BCUT2D eigenvalue weighted by Gasteiger charge is -2.33. The minimum atomic E-state index is -0.256. The van der Waals surface area contributed by atoms with Gasteiger partial charge in [-0.3, -0.25) is 0 Å². The van der Waals surface area contributed by atoms with E-state index < -0.39 is 0 Å². The van der Waals surface area contributed by atoms with Gasteiger partial charge in [0.1, 0.15) is 5.75 Å². The molecule has 4 rings (SSSR count). The number of hydrogen-bond acceptors (Lipinski definition) is 7. The molecule has 1 saturated heterocycles. The van der Waals surface area contributed by atoms with Gasteiger partial charge in [0.25, 0.3) is 0 Å². The average molecular weight is 366 g/mol. The zero-order valence-corrected chi connectivity index (χ0v) is 15.2. The van der Waals surface area contributed by atoms with Crippen molar-refractivity contribution >= 4 is 0 Å². The van der Waals surface area contributed by atoms with Crippen LogP contribution in [0.25, 0.3) is 11.4 Å². The molecule has 2 aromatic heterocycles. The number of pyridine rings is 1.